The Kier molecular flexibility index (Phi) is 3.51. The van der Waals surface area contributed by atoms with Crippen LogP contribution >= 0.6 is 0 Å². The summed E-state index contributed by atoms with van der Waals surface area (Å²) < 4.78 is 1.45. The van der Waals surface area contributed by atoms with E-state index in [1.165, 1.54) is 4.52 Å². The van der Waals surface area contributed by atoms with Crippen molar-refractivity contribution in [3.05, 3.63) is 23.9 Å². The normalized spacial score (nSPS) is 16.4. The number of carbonyl (C=O) groups is 2. The van der Waals surface area contributed by atoms with Crippen molar-refractivity contribution < 1.29 is 9.59 Å². The Hall–Kier alpha value is -2.51. The van der Waals surface area contributed by atoms with Crippen LogP contribution in [0.2, 0.25) is 0 Å². The average molecular weight is 288 g/mol. The van der Waals surface area contributed by atoms with E-state index in [0.717, 1.165) is 13.0 Å². The number of aromatic nitrogens is 4. The highest BCUT2D eigenvalue weighted by Crippen LogP contribution is 2.10. The van der Waals surface area contributed by atoms with Gasteiger partial charge in [-0.05, 0) is 35.9 Å². The van der Waals surface area contributed by atoms with E-state index < -0.39 is 0 Å². The molecule has 1 fully saturated rings. The summed E-state index contributed by atoms with van der Waals surface area (Å²) in [6, 6.07) is 3.25. The van der Waals surface area contributed by atoms with E-state index in [4.69, 9.17) is 0 Å². The van der Waals surface area contributed by atoms with E-state index >= 15 is 0 Å². The molecule has 0 aliphatic carbocycles. The molecule has 1 saturated heterocycles. The van der Waals surface area contributed by atoms with E-state index in [-0.39, 0.29) is 17.9 Å². The zero-order chi connectivity index (χ0) is 14.8. The summed E-state index contributed by atoms with van der Waals surface area (Å²) in [6.45, 7) is 3.20. The molecule has 1 aliphatic heterocycles. The molecule has 1 unspecified atom stereocenters. The predicted molar refractivity (Wildman–Crippen MR) is 73.5 cm³/mol. The molecule has 1 N–H and O–H groups in total. The molecule has 2 amide bonds. The van der Waals surface area contributed by atoms with Crippen LogP contribution in [0.25, 0.3) is 5.65 Å². The maximum absolute atomic E-state index is 12.2. The number of pyridine rings is 1. The van der Waals surface area contributed by atoms with Gasteiger partial charge in [-0.25, -0.2) is 0 Å². The Balaban J connectivity index is 1.63. The van der Waals surface area contributed by atoms with Gasteiger partial charge in [0.25, 0.3) is 5.91 Å². The molecule has 2 aromatic heterocycles. The number of hydrogen-bond donors (Lipinski definition) is 1. The Morgan fingerprint density at radius 2 is 2.33 bits per heavy atom. The van der Waals surface area contributed by atoms with Crippen molar-refractivity contribution in [2.24, 2.45) is 0 Å². The summed E-state index contributed by atoms with van der Waals surface area (Å²) in [4.78, 5) is 25.5. The number of hydrogen-bond acceptors (Lipinski definition) is 5. The fourth-order valence-electron chi connectivity index (χ4n) is 2.46. The molecule has 3 heterocycles. The van der Waals surface area contributed by atoms with E-state index in [1.54, 1.807) is 23.2 Å². The second-order valence-corrected chi connectivity index (χ2v) is 5.22. The minimum Gasteiger partial charge on any atom is -0.348 e. The smallest absolute Gasteiger partial charge is 0.253 e. The molecule has 0 spiro atoms. The molecule has 0 aromatic carbocycles. The third-order valence-corrected chi connectivity index (χ3v) is 3.50. The quantitative estimate of drug-likeness (QED) is 0.845. The second kappa shape index (κ2) is 5.47. The molecule has 0 saturated carbocycles. The first-order valence-electron chi connectivity index (χ1n) is 6.90. The maximum Gasteiger partial charge on any atom is 0.253 e. The zero-order valence-corrected chi connectivity index (χ0v) is 11.7. The lowest BCUT2D eigenvalue weighted by molar-refractivity contribution is -0.127. The fourth-order valence-corrected chi connectivity index (χ4v) is 2.46. The van der Waals surface area contributed by atoms with Crippen LogP contribution in [0.5, 0.6) is 0 Å². The summed E-state index contributed by atoms with van der Waals surface area (Å²) >= 11 is 0. The number of fused-ring (bicyclic) bond motifs is 1. The van der Waals surface area contributed by atoms with E-state index in [9.17, 15) is 9.59 Å². The standard InChI is InChI=1S/C13H16N6O2/c1-9(7-18-6-2-3-12(18)20)14-13(21)10-4-5-11-15-16-17-19(11)8-10/h4-5,8-9H,2-3,6-7H2,1H3,(H,14,21). The number of nitrogens with zero attached hydrogens (tertiary/aromatic N) is 5. The second-order valence-electron chi connectivity index (χ2n) is 5.22. The number of likely N-dealkylation sites (tertiary alicyclic amines) is 1. The van der Waals surface area contributed by atoms with E-state index in [0.29, 0.717) is 24.2 Å². The molecule has 2 aromatic rings. The highest BCUT2D eigenvalue weighted by Gasteiger charge is 2.22. The molecule has 8 heteroatoms. The Morgan fingerprint density at radius 1 is 1.48 bits per heavy atom. The van der Waals surface area contributed by atoms with Crippen molar-refractivity contribution in [1.29, 1.82) is 0 Å². The predicted octanol–water partition coefficient (Wildman–Crippen LogP) is -0.135. The molecule has 8 nitrogen and oxygen atoms in total. The maximum atomic E-state index is 12.2. The lowest BCUT2D eigenvalue weighted by atomic mass is 10.2. The highest BCUT2D eigenvalue weighted by molar-refractivity contribution is 5.94. The highest BCUT2D eigenvalue weighted by atomic mass is 16.2. The van der Waals surface area contributed by atoms with Crippen LogP contribution in [0, 0.1) is 0 Å². The molecule has 0 radical (unpaired) electrons. The van der Waals surface area contributed by atoms with Gasteiger partial charge < -0.3 is 10.2 Å². The first kappa shape index (κ1) is 13.5. The molecule has 1 atom stereocenters. The third-order valence-electron chi connectivity index (χ3n) is 3.50. The monoisotopic (exact) mass is 288 g/mol. The summed E-state index contributed by atoms with van der Waals surface area (Å²) in [5.74, 6) is -0.0437. The Morgan fingerprint density at radius 3 is 3.10 bits per heavy atom. The largest absolute Gasteiger partial charge is 0.348 e. The summed E-state index contributed by atoms with van der Waals surface area (Å²) in [5, 5.41) is 14.0. The van der Waals surface area contributed by atoms with Crippen LogP contribution in [0.4, 0.5) is 0 Å². The number of tetrazole rings is 1. The number of amides is 2. The molecule has 21 heavy (non-hydrogen) atoms. The van der Waals surface area contributed by atoms with Crippen LogP contribution in [0.1, 0.15) is 30.1 Å². The van der Waals surface area contributed by atoms with Gasteiger partial charge in [-0.1, -0.05) is 0 Å². The summed E-state index contributed by atoms with van der Waals surface area (Å²) in [7, 11) is 0. The minimum absolute atomic E-state index is 0.107. The van der Waals surface area contributed by atoms with Crippen LogP contribution in [-0.2, 0) is 4.79 Å². The lowest BCUT2D eigenvalue weighted by Gasteiger charge is -2.21. The van der Waals surface area contributed by atoms with Crippen molar-refractivity contribution in [3.63, 3.8) is 0 Å². The van der Waals surface area contributed by atoms with Crippen molar-refractivity contribution >= 4 is 17.5 Å². The van der Waals surface area contributed by atoms with Gasteiger partial charge in [0, 0.05) is 31.7 Å². The summed E-state index contributed by atoms with van der Waals surface area (Å²) in [5.41, 5.74) is 1.07. The number of carbonyl (C=O) groups excluding carboxylic acids is 2. The van der Waals surface area contributed by atoms with Gasteiger partial charge in [0.05, 0.1) is 5.56 Å². The van der Waals surface area contributed by atoms with Crippen molar-refractivity contribution in [1.82, 2.24) is 30.3 Å². The van der Waals surface area contributed by atoms with Gasteiger partial charge in [-0.15, -0.1) is 5.10 Å². The number of rotatable bonds is 4. The van der Waals surface area contributed by atoms with Crippen molar-refractivity contribution in [2.45, 2.75) is 25.8 Å². The fraction of sp³-hybridized carbons (Fsp3) is 0.462. The van der Waals surface area contributed by atoms with Gasteiger partial charge in [0.1, 0.15) is 0 Å². The van der Waals surface area contributed by atoms with Crippen LogP contribution in [0.15, 0.2) is 18.3 Å². The Bertz CT molecular complexity index is 682. The molecule has 0 bridgehead atoms. The van der Waals surface area contributed by atoms with E-state index in [2.05, 4.69) is 20.8 Å². The molecule has 110 valence electrons. The van der Waals surface area contributed by atoms with Gasteiger partial charge >= 0.3 is 0 Å². The van der Waals surface area contributed by atoms with E-state index in [1.807, 2.05) is 6.92 Å². The minimum atomic E-state index is -0.202. The average Bonchev–Trinajstić information content (AvgIpc) is 3.07. The number of nitrogens with one attached hydrogen (secondary N) is 1. The topological polar surface area (TPSA) is 92.5 Å². The van der Waals surface area contributed by atoms with Gasteiger partial charge in [0.2, 0.25) is 5.91 Å². The van der Waals surface area contributed by atoms with Crippen LogP contribution in [-0.4, -0.2) is 55.9 Å². The molecular formula is C13H16N6O2. The molecular weight excluding hydrogens is 272 g/mol. The first-order valence-corrected chi connectivity index (χ1v) is 6.90. The zero-order valence-electron chi connectivity index (χ0n) is 11.7. The Labute approximate surface area is 121 Å². The summed E-state index contributed by atoms with van der Waals surface area (Å²) in [6.07, 6.45) is 3.09. The van der Waals surface area contributed by atoms with Crippen LogP contribution < -0.4 is 5.32 Å². The van der Waals surface area contributed by atoms with Gasteiger partial charge in [0.15, 0.2) is 5.65 Å². The lowest BCUT2D eigenvalue weighted by Crippen LogP contribution is -2.42. The SMILES string of the molecule is CC(CN1CCCC1=O)NC(=O)c1ccc2nnnn2c1. The van der Waals surface area contributed by atoms with Crippen LogP contribution in [0.3, 0.4) is 0 Å². The molecule has 1 aliphatic rings. The van der Waals surface area contributed by atoms with Crippen molar-refractivity contribution in [3.8, 4) is 0 Å². The first-order chi connectivity index (χ1) is 10.1. The van der Waals surface area contributed by atoms with Gasteiger partial charge in [-0.2, -0.15) is 4.52 Å². The van der Waals surface area contributed by atoms with Crippen molar-refractivity contribution in [2.75, 3.05) is 13.1 Å². The molecule has 3 rings (SSSR count). The third kappa shape index (κ3) is 2.83. The van der Waals surface area contributed by atoms with Gasteiger partial charge in [-0.3, -0.25) is 9.59 Å².